The van der Waals surface area contributed by atoms with Crippen LogP contribution in [-0.2, 0) is 17.4 Å². The molecular weight excluding hydrogens is 538 g/mol. The summed E-state index contributed by atoms with van der Waals surface area (Å²) >= 11 is 12.2. The Morgan fingerprint density at radius 3 is 2.59 bits per heavy atom. The molecule has 1 atom stereocenters. The van der Waals surface area contributed by atoms with E-state index in [-0.39, 0.29) is 44.8 Å². The molecule has 1 aliphatic rings. The standard InChI is InChI=1S/C25H23Cl2FN6O2S/c1-25(13-37(2)35)11-34(12-25)24-14(6-29)3-15(7-33-24)23(31)16-4-22(20(28)5-21(16)30)36-10-17-18(26)8-32-9-19(17)27/h3-5,7-9,31H,10-13,30H2,1-2H3. The molecule has 1 unspecified atom stereocenters. The molecule has 12 heteroatoms. The third-order valence-electron chi connectivity index (χ3n) is 5.97. The maximum Gasteiger partial charge on any atom is 0.167 e. The fraction of sp³-hybridized carbons (Fsp3) is 0.280. The first-order chi connectivity index (χ1) is 17.5. The molecule has 0 radical (unpaired) electrons. The van der Waals surface area contributed by atoms with E-state index in [1.807, 2.05) is 4.90 Å². The third-order valence-corrected chi connectivity index (χ3v) is 7.72. The van der Waals surface area contributed by atoms with Gasteiger partial charge in [-0.3, -0.25) is 14.6 Å². The van der Waals surface area contributed by atoms with Gasteiger partial charge in [-0.2, -0.15) is 5.26 Å². The molecule has 0 bridgehead atoms. The van der Waals surface area contributed by atoms with Gasteiger partial charge in [0.2, 0.25) is 0 Å². The molecule has 8 nitrogen and oxygen atoms in total. The number of nitrogens with two attached hydrogens (primary N) is 1. The van der Waals surface area contributed by atoms with Crippen LogP contribution in [0.5, 0.6) is 5.75 Å². The van der Waals surface area contributed by atoms with Crippen molar-refractivity contribution in [1.29, 1.82) is 10.7 Å². The van der Waals surface area contributed by atoms with Crippen LogP contribution in [0.3, 0.4) is 0 Å². The van der Waals surface area contributed by atoms with Gasteiger partial charge in [0.1, 0.15) is 18.5 Å². The Balaban J connectivity index is 1.57. The summed E-state index contributed by atoms with van der Waals surface area (Å²) in [6, 6.07) is 6.08. The lowest BCUT2D eigenvalue weighted by molar-refractivity contribution is 0.280. The van der Waals surface area contributed by atoms with Gasteiger partial charge in [0.15, 0.2) is 11.6 Å². The smallest absolute Gasteiger partial charge is 0.167 e. The number of benzene rings is 1. The predicted molar refractivity (Wildman–Crippen MR) is 144 cm³/mol. The highest BCUT2D eigenvalue weighted by atomic mass is 35.5. The number of halogens is 3. The number of nitrogens with zero attached hydrogens (tertiary/aromatic N) is 4. The minimum Gasteiger partial charge on any atom is -0.486 e. The Labute approximate surface area is 226 Å². The summed E-state index contributed by atoms with van der Waals surface area (Å²) in [6.45, 7) is 3.18. The zero-order chi connectivity index (χ0) is 26.9. The van der Waals surface area contributed by atoms with E-state index in [1.54, 1.807) is 12.3 Å². The van der Waals surface area contributed by atoms with Gasteiger partial charge in [-0.15, -0.1) is 0 Å². The van der Waals surface area contributed by atoms with Crippen LogP contribution in [0.1, 0.15) is 29.2 Å². The molecule has 0 amide bonds. The van der Waals surface area contributed by atoms with Gasteiger partial charge < -0.3 is 15.4 Å². The molecule has 0 saturated carbocycles. The lowest BCUT2D eigenvalue weighted by atomic mass is 9.84. The van der Waals surface area contributed by atoms with Gasteiger partial charge in [0.05, 0.1) is 21.3 Å². The number of nitrogens with one attached hydrogen (secondary N) is 1. The van der Waals surface area contributed by atoms with Gasteiger partial charge in [-0.05, 0) is 12.1 Å². The van der Waals surface area contributed by atoms with Gasteiger partial charge in [-0.25, -0.2) is 9.37 Å². The normalized spacial score (nSPS) is 15.0. The Bertz CT molecular complexity index is 1440. The van der Waals surface area contributed by atoms with Crippen LogP contribution in [-0.4, -0.2) is 45.0 Å². The van der Waals surface area contributed by atoms with Gasteiger partial charge in [-0.1, -0.05) is 30.1 Å². The summed E-state index contributed by atoms with van der Waals surface area (Å²) in [5.74, 6) is 0.217. The quantitative estimate of drug-likeness (QED) is 0.304. The number of nitriles is 1. The van der Waals surface area contributed by atoms with Crippen LogP contribution < -0.4 is 15.4 Å². The molecule has 1 fully saturated rings. The van der Waals surface area contributed by atoms with Gasteiger partial charge in [0, 0.05) is 88.3 Å². The van der Waals surface area contributed by atoms with Crippen LogP contribution in [0.25, 0.3) is 0 Å². The van der Waals surface area contributed by atoms with Gasteiger partial charge in [0.25, 0.3) is 0 Å². The molecule has 3 aromatic rings. The molecule has 1 aromatic carbocycles. The second-order valence-electron chi connectivity index (χ2n) is 9.21. The SMILES string of the molecule is CS(=O)CC1(C)CN(c2ncc(C(=N)c3cc(OCc4c(Cl)cncc4Cl)c(F)cc3N)cc2C#N)C1. The molecule has 3 heterocycles. The first-order valence-electron chi connectivity index (χ1n) is 11.1. The average molecular weight is 561 g/mol. The minimum atomic E-state index is -0.919. The van der Waals surface area contributed by atoms with Crippen molar-refractivity contribution in [1.82, 2.24) is 9.97 Å². The Morgan fingerprint density at radius 2 is 1.97 bits per heavy atom. The number of hydrogen-bond donors (Lipinski definition) is 2. The van der Waals surface area contributed by atoms with Crippen molar-refractivity contribution in [2.75, 3.05) is 35.7 Å². The van der Waals surface area contributed by atoms with Crippen molar-refractivity contribution < 1.29 is 13.3 Å². The van der Waals surface area contributed by atoms with Crippen LogP contribution in [0.2, 0.25) is 10.0 Å². The Kier molecular flexibility index (Phi) is 7.69. The van der Waals surface area contributed by atoms with E-state index in [4.69, 9.17) is 39.1 Å². The molecule has 4 rings (SSSR count). The number of nitrogen functional groups attached to an aromatic ring is 1. The lowest BCUT2D eigenvalue weighted by Gasteiger charge is -2.48. The molecule has 1 saturated heterocycles. The highest BCUT2D eigenvalue weighted by Crippen LogP contribution is 2.36. The summed E-state index contributed by atoms with van der Waals surface area (Å²) in [4.78, 5) is 10.3. The van der Waals surface area contributed by atoms with E-state index in [0.717, 1.165) is 6.07 Å². The third kappa shape index (κ3) is 5.69. The number of hydrogen-bond acceptors (Lipinski definition) is 8. The van der Waals surface area contributed by atoms with E-state index in [1.165, 1.54) is 24.7 Å². The van der Waals surface area contributed by atoms with Crippen LogP contribution in [0.4, 0.5) is 15.9 Å². The lowest BCUT2D eigenvalue weighted by Crippen LogP contribution is -2.57. The summed E-state index contributed by atoms with van der Waals surface area (Å²) in [6.07, 6.45) is 5.96. The largest absolute Gasteiger partial charge is 0.486 e. The second-order valence-corrected chi connectivity index (χ2v) is 11.5. The monoisotopic (exact) mass is 560 g/mol. The van der Waals surface area contributed by atoms with E-state index in [9.17, 15) is 13.9 Å². The van der Waals surface area contributed by atoms with E-state index >= 15 is 0 Å². The molecule has 2 aromatic heterocycles. The Morgan fingerprint density at radius 1 is 1.30 bits per heavy atom. The number of pyridine rings is 2. The maximum absolute atomic E-state index is 14.6. The highest BCUT2D eigenvalue weighted by Gasteiger charge is 2.41. The second kappa shape index (κ2) is 10.6. The van der Waals surface area contributed by atoms with Crippen LogP contribution in [0.15, 0.2) is 36.8 Å². The van der Waals surface area contributed by atoms with Crippen molar-refractivity contribution in [2.24, 2.45) is 5.41 Å². The molecular formula is C25H23Cl2FN6O2S. The topological polar surface area (TPSA) is 129 Å². The molecule has 0 spiro atoms. The summed E-state index contributed by atoms with van der Waals surface area (Å²) in [5, 5.41) is 19.0. The van der Waals surface area contributed by atoms with E-state index in [2.05, 4.69) is 23.0 Å². The summed E-state index contributed by atoms with van der Waals surface area (Å²) in [7, 11) is -0.919. The van der Waals surface area contributed by atoms with E-state index < -0.39 is 16.6 Å². The van der Waals surface area contributed by atoms with Crippen molar-refractivity contribution in [3.8, 4) is 11.8 Å². The van der Waals surface area contributed by atoms with Crippen LogP contribution >= 0.6 is 23.2 Å². The zero-order valence-electron chi connectivity index (χ0n) is 20.0. The van der Waals surface area contributed by atoms with Crippen LogP contribution in [0, 0.1) is 28.0 Å². The highest BCUT2D eigenvalue weighted by molar-refractivity contribution is 7.84. The zero-order valence-corrected chi connectivity index (χ0v) is 22.3. The minimum absolute atomic E-state index is 0.0310. The molecule has 192 valence electrons. The fourth-order valence-electron chi connectivity index (χ4n) is 4.31. The predicted octanol–water partition coefficient (Wildman–Crippen LogP) is 4.58. The maximum atomic E-state index is 14.6. The van der Waals surface area contributed by atoms with Gasteiger partial charge >= 0.3 is 0 Å². The first kappa shape index (κ1) is 26.8. The number of aromatic nitrogens is 2. The van der Waals surface area contributed by atoms with Crippen molar-refractivity contribution in [2.45, 2.75) is 13.5 Å². The van der Waals surface area contributed by atoms with E-state index in [0.29, 0.717) is 41.4 Å². The number of anilines is 2. The molecule has 3 N–H and O–H groups in total. The molecule has 0 aliphatic carbocycles. The molecule has 1 aliphatic heterocycles. The average Bonchev–Trinajstić information content (AvgIpc) is 2.82. The van der Waals surface area contributed by atoms with Crippen molar-refractivity contribution in [3.63, 3.8) is 0 Å². The fourth-order valence-corrected chi connectivity index (χ4v) is 5.95. The number of rotatable bonds is 8. The molecule has 37 heavy (non-hydrogen) atoms. The van der Waals surface area contributed by atoms with Crippen molar-refractivity contribution in [3.05, 3.63) is 74.9 Å². The first-order valence-corrected chi connectivity index (χ1v) is 13.5. The summed E-state index contributed by atoms with van der Waals surface area (Å²) < 4.78 is 31.9. The van der Waals surface area contributed by atoms with Crippen molar-refractivity contribution >= 4 is 51.2 Å². The Hall–Kier alpha value is -3.26. The summed E-state index contributed by atoms with van der Waals surface area (Å²) in [5.41, 5.74) is 7.18. The number of ether oxygens (including phenoxy) is 1.